The number of aliphatic hydroxyl groups excluding tert-OH is 1. The molecule has 0 bridgehead atoms. The molecule has 0 aliphatic rings. The minimum atomic E-state index is -1.18. The van der Waals surface area contributed by atoms with E-state index in [-0.39, 0.29) is 5.78 Å². The fourth-order valence-corrected chi connectivity index (χ4v) is 2.16. The Hall–Kier alpha value is -0.153. The molecule has 2 nitrogen and oxygen atoms in total. The smallest absolute Gasteiger partial charge is 0.157 e. The number of ketones is 1. The quantitative estimate of drug-likeness (QED) is 0.506. The topological polar surface area (TPSA) is 37.3 Å². The Kier molecular flexibility index (Phi) is 7.18. The number of aliphatic hydroxyl groups is 1. The van der Waals surface area contributed by atoms with Crippen LogP contribution in [-0.2, 0) is 4.79 Å². The number of hydrogen-bond acceptors (Lipinski definition) is 2. The molecule has 0 heterocycles. The third kappa shape index (κ3) is 5.99. The average Bonchev–Trinajstić information content (AvgIpc) is 2.10. The van der Waals surface area contributed by atoms with Crippen LogP contribution in [0.4, 0.5) is 0 Å². The van der Waals surface area contributed by atoms with E-state index in [0.29, 0.717) is 6.42 Å². The highest BCUT2D eigenvalue weighted by atomic mass is 28.3. The van der Waals surface area contributed by atoms with E-state index >= 15 is 0 Å². The molecular weight excluding hydrogens is 180 g/mol. The van der Waals surface area contributed by atoms with E-state index in [1.165, 1.54) is 12.8 Å². The maximum absolute atomic E-state index is 11.3. The minimum absolute atomic E-state index is 0.0674. The summed E-state index contributed by atoms with van der Waals surface area (Å²) in [5.41, 5.74) is -0.610. The molecule has 0 amide bonds. The Morgan fingerprint density at radius 2 is 1.92 bits per heavy atom. The van der Waals surface area contributed by atoms with E-state index in [1.54, 1.807) is 0 Å². The molecule has 0 aromatic rings. The van der Waals surface area contributed by atoms with Gasteiger partial charge in [-0.25, -0.2) is 0 Å². The first-order valence-corrected chi connectivity index (χ1v) is 8.28. The number of carbonyl (C=O) groups is 1. The van der Waals surface area contributed by atoms with Gasteiger partial charge >= 0.3 is 0 Å². The molecule has 0 aromatic heterocycles. The van der Waals surface area contributed by atoms with Crippen LogP contribution in [0, 0.1) is 0 Å². The standard InChI is InChI=1S/C10H22O2Si/c1-4-5-6-7-8-9(11)10(12)13(2)3/h10,12-13H,4-8H2,1-3H3. The lowest BCUT2D eigenvalue weighted by Gasteiger charge is -2.11. The highest BCUT2D eigenvalue weighted by Crippen LogP contribution is 2.06. The molecule has 1 N–H and O–H groups in total. The van der Waals surface area contributed by atoms with Gasteiger partial charge in [-0.2, -0.15) is 0 Å². The summed E-state index contributed by atoms with van der Waals surface area (Å²) >= 11 is 0. The predicted octanol–water partition coefficient (Wildman–Crippen LogP) is 1.91. The van der Waals surface area contributed by atoms with Crippen molar-refractivity contribution < 1.29 is 9.90 Å². The van der Waals surface area contributed by atoms with Gasteiger partial charge in [0.2, 0.25) is 0 Å². The summed E-state index contributed by atoms with van der Waals surface area (Å²) in [6.07, 6.45) is 5.03. The molecule has 0 saturated carbocycles. The van der Waals surface area contributed by atoms with Crippen molar-refractivity contribution in [2.24, 2.45) is 0 Å². The van der Waals surface area contributed by atoms with Crippen LogP contribution in [0.2, 0.25) is 13.1 Å². The van der Waals surface area contributed by atoms with Crippen LogP contribution in [0.25, 0.3) is 0 Å². The van der Waals surface area contributed by atoms with Crippen molar-refractivity contribution in [1.82, 2.24) is 0 Å². The lowest BCUT2D eigenvalue weighted by molar-refractivity contribution is -0.123. The highest BCUT2D eigenvalue weighted by Gasteiger charge is 2.18. The first kappa shape index (κ1) is 12.8. The van der Waals surface area contributed by atoms with Gasteiger partial charge in [-0.1, -0.05) is 39.3 Å². The van der Waals surface area contributed by atoms with E-state index < -0.39 is 14.5 Å². The Labute approximate surface area is 83.0 Å². The second-order valence-electron chi connectivity index (χ2n) is 3.97. The fraction of sp³-hybridized carbons (Fsp3) is 0.900. The van der Waals surface area contributed by atoms with Crippen LogP contribution < -0.4 is 0 Å². The van der Waals surface area contributed by atoms with Crippen LogP contribution in [0.3, 0.4) is 0 Å². The Balaban J connectivity index is 3.50. The van der Waals surface area contributed by atoms with Crippen molar-refractivity contribution in [2.75, 3.05) is 0 Å². The highest BCUT2D eigenvalue weighted by molar-refractivity contribution is 6.61. The number of Topliss-reactive ketones (excluding diaryl/α,β-unsaturated/α-hetero) is 1. The van der Waals surface area contributed by atoms with Gasteiger partial charge in [0.25, 0.3) is 0 Å². The zero-order chi connectivity index (χ0) is 10.3. The normalized spacial score (nSPS) is 13.3. The van der Waals surface area contributed by atoms with Crippen molar-refractivity contribution in [1.29, 1.82) is 0 Å². The summed E-state index contributed by atoms with van der Waals surface area (Å²) < 4.78 is 0. The molecule has 0 aliphatic heterocycles. The van der Waals surface area contributed by atoms with Crippen LogP contribution >= 0.6 is 0 Å². The molecule has 0 rings (SSSR count). The fourth-order valence-electron chi connectivity index (χ4n) is 1.25. The van der Waals surface area contributed by atoms with Crippen molar-refractivity contribution in [3.63, 3.8) is 0 Å². The summed E-state index contributed by atoms with van der Waals surface area (Å²) in [6.45, 7) is 6.17. The van der Waals surface area contributed by atoms with Gasteiger partial charge in [0.15, 0.2) is 5.78 Å². The largest absolute Gasteiger partial charge is 0.389 e. The number of rotatable bonds is 7. The van der Waals surface area contributed by atoms with E-state index in [2.05, 4.69) is 6.92 Å². The number of hydrogen-bond donors (Lipinski definition) is 1. The zero-order valence-corrected chi connectivity index (χ0v) is 10.2. The van der Waals surface area contributed by atoms with Gasteiger partial charge in [0, 0.05) is 6.42 Å². The summed E-state index contributed by atoms with van der Waals surface area (Å²) in [5, 5.41) is 9.46. The van der Waals surface area contributed by atoms with E-state index in [9.17, 15) is 9.90 Å². The molecule has 1 unspecified atom stereocenters. The van der Waals surface area contributed by atoms with Gasteiger partial charge in [-0.15, -0.1) is 0 Å². The van der Waals surface area contributed by atoms with Gasteiger partial charge in [-0.05, 0) is 6.42 Å². The number of carbonyl (C=O) groups excluding carboxylic acids is 1. The van der Waals surface area contributed by atoms with Crippen molar-refractivity contribution >= 4 is 14.6 Å². The lowest BCUT2D eigenvalue weighted by atomic mass is 10.1. The predicted molar refractivity (Wildman–Crippen MR) is 58.6 cm³/mol. The summed E-state index contributed by atoms with van der Waals surface area (Å²) in [7, 11) is -1.18. The maximum Gasteiger partial charge on any atom is 0.157 e. The van der Waals surface area contributed by atoms with Gasteiger partial charge in [0.05, 0.1) is 14.5 Å². The third-order valence-electron chi connectivity index (χ3n) is 2.24. The van der Waals surface area contributed by atoms with E-state index in [4.69, 9.17) is 0 Å². The summed E-state index contributed by atoms with van der Waals surface area (Å²) in [4.78, 5) is 11.3. The summed E-state index contributed by atoms with van der Waals surface area (Å²) in [6, 6.07) is 0. The third-order valence-corrected chi connectivity index (χ3v) is 3.87. The average molecular weight is 202 g/mol. The maximum atomic E-state index is 11.3. The molecular formula is C10H22O2Si. The molecule has 0 fully saturated rings. The van der Waals surface area contributed by atoms with E-state index in [0.717, 1.165) is 12.8 Å². The van der Waals surface area contributed by atoms with Crippen LogP contribution in [0.5, 0.6) is 0 Å². The van der Waals surface area contributed by atoms with Crippen molar-refractivity contribution in [2.45, 2.75) is 57.8 Å². The van der Waals surface area contributed by atoms with Crippen LogP contribution in [0.15, 0.2) is 0 Å². The second-order valence-corrected chi connectivity index (χ2v) is 7.09. The van der Waals surface area contributed by atoms with Gasteiger partial charge in [0.1, 0.15) is 0 Å². The molecule has 0 aromatic carbocycles. The molecule has 0 saturated heterocycles. The first-order valence-electron chi connectivity index (χ1n) is 5.30. The molecule has 0 aliphatic carbocycles. The molecule has 13 heavy (non-hydrogen) atoms. The number of unbranched alkanes of at least 4 members (excludes halogenated alkanes) is 3. The second kappa shape index (κ2) is 7.27. The minimum Gasteiger partial charge on any atom is -0.389 e. The Morgan fingerprint density at radius 3 is 2.38 bits per heavy atom. The summed E-state index contributed by atoms with van der Waals surface area (Å²) in [5.74, 6) is 0.0674. The SMILES string of the molecule is CCCCCCC(=O)C(O)[SiH](C)C. The Bertz CT molecular complexity index is 146. The molecule has 1 atom stereocenters. The molecule has 0 spiro atoms. The zero-order valence-electron chi connectivity index (χ0n) is 9.05. The first-order chi connectivity index (χ1) is 6.09. The molecule has 3 heteroatoms. The lowest BCUT2D eigenvalue weighted by Crippen LogP contribution is -2.32. The van der Waals surface area contributed by atoms with Crippen LogP contribution in [0.1, 0.15) is 39.0 Å². The molecule has 0 radical (unpaired) electrons. The van der Waals surface area contributed by atoms with E-state index in [1.807, 2.05) is 13.1 Å². The van der Waals surface area contributed by atoms with Crippen molar-refractivity contribution in [3.05, 3.63) is 0 Å². The van der Waals surface area contributed by atoms with Gasteiger partial charge < -0.3 is 5.11 Å². The van der Waals surface area contributed by atoms with Crippen LogP contribution in [-0.4, -0.2) is 25.4 Å². The molecule has 78 valence electrons. The Morgan fingerprint density at radius 1 is 1.31 bits per heavy atom. The van der Waals surface area contributed by atoms with Gasteiger partial charge in [-0.3, -0.25) is 4.79 Å². The monoisotopic (exact) mass is 202 g/mol. The van der Waals surface area contributed by atoms with Crippen molar-refractivity contribution in [3.8, 4) is 0 Å².